The standard InChI is InChI=1S/C14H13F3O2/c1-8-7-12(9(2)19-8)13(18)10-3-5-11(6-4-10)14(15,16)17/h3-7,13,18H,1-2H3. The number of rotatable bonds is 2. The van der Waals surface area contributed by atoms with E-state index < -0.39 is 17.8 Å². The van der Waals surface area contributed by atoms with Gasteiger partial charge in [0, 0.05) is 5.56 Å². The first-order valence-corrected chi connectivity index (χ1v) is 5.71. The van der Waals surface area contributed by atoms with Crippen molar-refractivity contribution >= 4 is 0 Å². The van der Waals surface area contributed by atoms with E-state index in [1.54, 1.807) is 19.9 Å². The Morgan fingerprint density at radius 1 is 1.11 bits per heavy atom. The highest BCUT2D eigenvalue weighted by atomic mass is 19.4. The van der Waals surface area contributed by atoms with Gasteiger partial charge < -0.3 is 9.52 Å². The summed E-state index contributed by atoms with van der Waals surface area (Å²) >= 11 is 0. The molecular formula is C14H13F3O2. The number of alkyl halides is 3. The summed E-state index contributed by atoms with van der Waals surface area (Å²) in [6.45, 7) is 3.45. The van der Waals surface area contributed by atoms with Crippen molar-refractivity contribution in [2.75, 3.05) is 0 Å². The van der Waals surface area contributed by atoms with Crippen LogP contribution in [0, 0.1) is 13.8 Å². The number of benzene rings is 1. The molecule has 0 amide bonds. The SMILES string of the molecule is Cc1cc(C(O)c2ccc(C(F)(F)F)cc2)c(C)o1. The average Bonchev–Trinajstić information content (AvgIpc) is 2.66. The lowest BCUT2D eigenvalue weighted by Gasteiger charge is -2.12. The largest absolute Gasteiger partial charge is 0.466 e. The summed E-state index contributed by atoms with van der Waals surface area (Å²) < 4.78 is 42.6. The second-order valence-corrected chi connectivity index (χ2v) is 4.39. The molecule has 1 unspecified atom stereocenters. The van der Waals surface area contributed by atoms with Crippen LogP contribution in [0.2, 0.25) is 0 Å². The summed E-state index contributed by atoms with van der Waals surface area (Å²) in [5, 5.41) is 10.1. The summed E-state index contributed by atoms with van der Waals surface area (Å²) in [5.41, 5.74) is 0.234. The molecule has 0 bridgehead atoms. The number of aliphatic hydroxyl groups excluding tert-OH is 1. The van der Waals surface area contributed by atoms with E-state index in [1.165, 1.54) is 12.1 Å². The van der Waals surface area contributed by atoms with Gasteiger partial charge in [-0.15, -0.1) is 0 Å². The van der Waals surface area contributed by atoms with E-state index in [-0.39, 0.29) is 0 Å². The molecule has 0 saturated heterocycles. The van der Waals surface area contributed by atoms with E-state index in [0.717, 1.165) is 12.1 Å². The third kappa shape index (κ3) is 2.81. The normalized spacial score (nSPS) is 13.6. The van der Waals surface area contributed by atoms with Crippen LogP contribution in [0.15, 0.2) is 34.7 Å². The van der Waals surface area contributed by atoms with Crippen molar-refractivity contribution in [1.82, 2.24) is 0 Å². The van der Waals surface area contributed by atoms with Gasteiger partial charge in [-0.05, 0) is 37.6 Å². The molecule has 0 aliphatic rings. The minimum Gasteiger partial charge on any atom is -0.466 e. The minimum atomic E-state index is -4.37. The summed E-state index contributed by atoms with van der Waals surface area (Å²) in [5.74, 6) is 1.21. The molecule has 2 rings (SSSR count). The van der Waals surface area contributed by atoms with E-state index in [4.69, 9.17) is 4.42 Å². The van der Waals surface area contributed by atoms with Gasteiger partial charge in [-0.3, -0.25) is 0 Å². The summed E-state index contributed by atoms with van der Waals surface area (Å²) in [7, 11) is 0. The minimum absolute atomic E-state index is 0.400. The van der Waals surface area contributed by atoms with Gasteiger partial charge in [0.05, 0.1) is 5.56 Å². The first kappa shape index (κ1) is 13.7. The van der Waals surface area contributed by atoms with Gasteiger partial charge in [0.15, 0.2) is 0 Å². The molecule has 1 heterocycles. The van der Waals surface area contributed by atoms with Crippen molar-refractivity contribution in [3.63, 3.8) is 0 Å². The lowest BCUT2D eigenvalue weighted by Crippen LogP contribution is -2.06. The van der Waals surface area contributed by atoms with E-state index in [1.807, 2.05) is 0 Å². The molecule has 1 aromatic carbocycles. The first-order chi connectivity index (χ1) is 8.79. The maximum atomic E-state index is 12.4. The molecule has 0 fully saturated rings. The Morgan fingerprint density at radius 2 is 1.68 bits per heavy atom. The van der Waals surface area contributed by atoms with Crippen LogP contribution in [0.25, 0.3) is 0 Å². The highest BCUT2D eigenvalue weighted by Gasteiger charge is 2.30. The molecule has 5 heteroatoms. The van der Waals surface area contributed by atoms with E-state index in [9.17, 15) is 18.3 Å². The van der Waals surface area contributed by atoms with Crippen molar-refractivity contribution in [3.05, 3.63) is 58.5 Å². The molecule has 1 atom stereocenters. The van der Waals surface area contributed by atoms with E-state index >= 15 is 0 Å². The third-order valence-electron chi connectivity index (χ3n) is 2.93. The second kappa shape index (κ2) is 4.74. The molecule has 1 N–H and O–H groups in total. The van der Waals surface area contributed by atoms with Crippen LogP contribution in [0.3, 0.4) is 0 Å². The zero-order valence-corrected chi connectivity index (χ0v) is 10.5. The molecule has 2 nitrogen and oxygen atoms in total. The van der Waals surface area contributed by atoms with Gasteiger partial charge in [0.25, 0.3) is 0 Å². The average molecular weight is 270 g/mol. The van der Waals surface area contributed by atoms with Crippen LogP contribution >= 0.6 is 0 Å². The smallest absolute Gasteiger partial charge is 0.416 e. The molecule has 1 aromatic heterocycles. The van der Waals surface area contributed by atoms with Gasteiger partial charge in [-0.25, -0.2) is 0 Å². The lowest BCUT2D eigenvalue weighted by molar-refractivity contribution is -0.137. The first-order valence-electron chi connectivity index (χ1n) is 5.71. The number of hydrogen-bond donors (Lipinski definition) is 1. The van der Waals surface area contributed by atoms with Crippen LogP contribution in [0.1, 0.15) is 34.3 Å². The van der Waals surface area contributed by atoms with Crippen LogP contribution in [-0.4, -0.2) is 5.11 Å². The van der Waals surface area contributed by atoms with Gasteiger partial charge in [-0.1, -0.05) is 12.1 Å². The number of aryl methyl sites for hydroxylation is 2. The number of halogens is 3. The lowest BCUT2D eigenvalue weighted by atomic mass is 10.0. The van der Waals surface area contributed by atoms with Crippen LogP contribution in [-0.2, 0) is 6.18 Å². The van der Waals surface area contributed by atoms with Crippen molar-refractivity contribution in [2.45, 2.75) is 26.1 Å². The topological polar surface area (TPSA) is 33.4 Å². The monoisotopic (exact) mass is 270 g/mol. The van der Waals surface area contributed by atoms with E-state index in [2.05, 4.69) is 0 Å². The van der Waals surface area contributed by atoms with Crippen molar-refractivity contribution in [1.29, 1.82) is 0 Å². The Labute approximate surface area is 108 Å². The van der Waals surface area contributed by atoms with Crippen LogP contribution < -0.4 is 0 Å². The molecule has 0 radical (unpaired) electrons. The van der Waals surface area contributed by atoms with Crippen molar-refractivity contribution in [3.8, 4) is 0 Å². The Morgan fingerprint density at radius 3 is 2.11 bits per heavy atom. The second-order valence-electron chi connectivity index (χ2n) is 4.39. The Hall–Kier alpha value is -1.75. The summed E-state index contributed by atoms with van der Waals surface area (Å²) in [6, 6.07) is 6.14. The molecular weight excluding hydrogens is 257 g/mol. The molecule has 0 saturated carbocycles. The van der Waals surface area contributed by atoms with Crippen molar-refractivity contribution < 1.29 is 22.7 Å². The number of hydrogen-bond acceptors (Lipinski definition) is 2. The third-order valence-corrected chi connectivity index (χ3v) is 2.93. The van der Waals surface area contributed by atoms with Gasteiger partial charge in [0.2, 0.25) is 0 Å². The van der Waals surface area contributed by atoms with Crippen molar-refractivity contribution in [2.24, 2.45) is 0 Å². The molecule has 0 spiro atoms. The van der Waals surface area contributed by atoms with Crippen LogP contribution in [0.4, 0.5) is 13.2 Å². The summed E-state index contributed by atoms with van der Waals surface area (Å²) in [6.07, 6.45) is -5.36. The molecule has 102 valence electrons. The highest BCUT2D eigenvalue weighted by molar-refractivity contribution is 5.34. The molecule has 2 aromatic rings. The van der Waals surface area contributed by atoms with Gasteiger partial charge >= 0.3 is 6.18 Å². The molecule has 19 heavy (non-hydrogen) atoms. The predicted octanol–water partition coefficient (Wildman–Crippen LogP) is 4.00. The Kier molecular flexibility index (Phi) is 3.41. The summed E-state index contributed by atoms with van der Waals surface area (Å²) in [4.78, 5) is 0. The maximum absolute atomic E-state index is 12.4. The fourth-order valence-electron chi connectivity index (χ4n) is 1.96. The number of furan rings is 1. The predicted molar refractivity (Wildman–Crippen MR) is 63.7 cm³/mol. The zero-order valence-electron chi connectivity index (χ0n) is 10.5. The number of aliphatic hydroxyl groups is 1. The molecule has 0 aliphatic heterocycles. The molecule has 0 aliphatic carbocycles. The Balaban J connectivity index is 2.30. The Bertz CT molecular complexity index is 567. The maximum Gasteiger partial charge on any atom is 0.416 e. The quantitative estimate of drug-likeness (QED) is 0.894. The van der Waals surface area contributed by atoms with Crippen LogP contribution in [0.5, 0.6) is 0 Å². The zero-order chi connectivity index (χ0) is 14.2. The fraction of sp³-hybridized carbons (Fsp3) is 0.286. The highest BCUT2D eigenvalue weighted by Crippen LogP contribution is 2.32. The van der Waals surface area contributed by atoms with E-state index in [0.29, 0.717) is 22.6 Å². The fourth-order valence-corrected chi connectivity index (χ4v) is 1.96. The van der Waals surface area contributed by atoms with Gasteiger partial charge in [-0.2, -0.15) is 13.2 Å². The van der Waals surface area contributed by atoms with Gasteiger partial charge in [0.1, 0.15) is 17.6 Å².